The molecule has 0 aromatic carbocycles. The van der Waals surface area contributed by atoms with Gasteiger partial charge in [-0.15, -0.1) is 0 Å². The molecular weight excluding hydrogens is 138 g/mol. The molecule has 0 amide bonds. The van der Waals surface area contributed by atoms with Crippen LogP contribution in [0.3, 0.4) is 0 Å². The highest BCUT2D eigenvalue weighted by atomic mass is 15.1. The molecule has 1 rings (SSSR count). The summed E-state index contributed by atoms with van der Waals surface area (Å²) < 4.78 is 0. The summed E-state index contributed by atoms with van der Waals surface area (Å²) in [6.45, 7) is 0. The maximum Gasteiger partial charge on any atom is 0.0465 e. The molecule has 0 atom stereocenters. The van der Waals surface area contributed by atoms with Gasteiger partial charge < -0.3 is 5.84 Å². The van der Waals surface area contributed by atoms with Crippen LogP contribution in [0, 0.1) is 0 Å². The van der Waals surface area contributed by atoms with Crippen LogP contribution in [0.4, 0.5) is 0 Å². The normalized spacial score (nSPS) is 11.3. The van der Waals surface area contributed by atoms with Crippen molar-refractivity contribution in [3.63, 3.8) is 0 Å². The van der Waals surface area contributed by atoms with Crippen molar-refractivity contribution in [1.29, 1.82) is 0 Å². The first-order valence-corrected chi connectivity index (χ1v) is 3.23. The van der Waals surface area contributed by atoms with Gasteiger partial charge in [-0.1, -0.05) is 12.1 Å². The van der Waals surface area contributed by atoms with E-state index in [4.69, 9.17) is 5.84 Å². The van der Waals surface area contributed by atoms with Crippen molar-refractivity contribution in [3.8, 4) is 0 Å². The standard InChI is InChI=1S/C8H9N3/c9-11-6-2-4-8-3-1-5-10-7-8/h1-7H,9H2/b4-2+,11-6+. The van der Waals surface area contributed by atoms with E-state index in [1.807, 2.05) is 18.2 Å². The minimum atomic E-state index is 1.03. The molecule has 0 aliphatic heterocycles. The number of nitrogens with zero attached hydrogens (tertiary/aromatic N) is 2. The van der Waals surface area contributed by atoms with Crippen molar-refractivity contribution in [3.05, 3.63) is 36.2 Å². The topological polar surface area (TPSA) is 51.3 Å². The van der Waals surface area contributed by atoms with E-state index in [9.17, 15) is 0 Å². The SMILES string of the molecule is N/N=C/C=C/c1cccnc1. The number of aromatic nitrogens is 1. The number of pyridine rings is 1. The molecule has 0 saturated carbocycles. The van der Waals surface area contributed by atoms with Crippen LogP contribution in [-0.2, 0) is 0 Å². The number of rotatable bonds is 2. The van der Waals surface area contributed by atoms with Gasteiger partial charge in [-0.05, 0) is 17.7 Å². The first kappa shape index (κ1) is 7.47. The fourth-order valence-electron chi connectivity index (χ4n) is 0.678. The van der Waals surface area contributed by atoms with Crippen molar-refractivity contribution in [2.24, 2.45) is 10.9 Å². The molecule has 0 aliphatic carbocycles. The van der Waals surface area contributed by atoms with Crippen LogP contribution in [-0.4, -0.2) is 11.2 Å². The summed E-state index contributed by atoms with van der Waals surface area (Å²) >= 11 is 0. The molecule has 0 unspecified atom stereocenters. The van der Waals surface area contributed by atoms with Gasteiger partial charge in [0.25, 0.3) is 0 Å². The molecule has 0 spiro atoms. The van der Waals surface area contributed by atoms with Crippen LogP contribution in [0.5, 0.6) is 0 Å². The smallest absolute Gasteiger partial charge is 0.0465 e. The Labute approximate surface area is 65.3 Å². The van der Waals surface area contributed by atoms with E-state index < -0.39 is 0 Å². The summed E-state index contributed by atoms with van der Waals surface area (Å²) in [4.78, 5) is 3.94. The molecule has 0 bridgehead atoms. The van der Waals surface area contributed by atoms with E-state index in [0.717, 1.165) is 5.56 Å². The Morgan fingerprint density at radius 3 is 3.09 bits per heavy atom. The van der Waals surface area contributed by atoms with Gasteiger partial charge in [-0.2, -0.15) is 5.10 Å². The van der Waals surface area contributed by atoms with Gasteiger partial charge >= 0.3 is 0 Å². The van der Waals surface area contributed by atoms with Crippen molar-refractivity contribution in [1.82, 2.24) is 4.98 Å². The molecule has 0 saturated heterocycles. The minimum absolute atomic E-state index is 1.03. The van der Waals surface area contributed by atoms with E-state index in [2.05, 4.69) is 10.1 Å². The van der Waals surface area contributed by atoms with Crippen LogP contribution < -0.4 is 5.84 Å². The van der Waals surface area contributed by atoms with Crippen LogP contribution in [0.25, 0.3) is 6.08 Å². The fourth-order valence-corrected chi connectivity index (χ4v) is 0.678. The lowest BCUT2D eigenvalue weighted by atomic mass is 10.3. The second-order valence-corrected chi connectivity index (χ2v) is 1.94. The predicted molar refractivity (Wildman–Crippen MR) is 46.0 cm³/mol. The van der Waals surface area contributed by atoms with E-state index in [1.165, 1.54) is 6.21 Å². The van der Waals surface area contributed by atoms with Gasteiger partial charge in [0, 0.05) is 18.6 Å². The molecule has 0 fully saturated rings. The first-order chi connectivity index (χ1) is 5.43. The molecule has 56 valence electrons. The van der Waals surface area contributed by atoms with E-state index in [0.29, 0.717) is 0 Å². The second kappa shape index (κ2) is 4.22. The highest BCUT2D eigenvalue weighted by molar-refractivity contribution is 5.77. The lowest BCUT2D eigenvalue weighted by Crippen LogP contribution is -1.78. The third-order valence-electron chi connectivity index (χ3n) is 1.15. The second-order valence-electron chi connectivity index (χ2n) is 1.94. The Hall–Kier alpha value is -1.64. The van der Waals surface area contributed by atoms with Gasteiger partial charge in [0.2, 0.25) is 0 Å². The predicted octanol–water partition coefficient (Wildman–Crippen LogP) is 1.04. The van der Waals surface area contributed by atoms with Gasteiger partial charge in [0.1, 0.15) is 0 Å². The Morgan fingerprint density at radius 1 is 1.55 bits per heavy atom. The van der Waals surface area contributed by atoms with Crippen LogP contribution in [0.1, 0.15) is 5.56 Å². The Kier molecular flexibility index (Phi) is 2.86. The van der Waals surface area contributed by atoms with Crippen molar-refractivity contribution < 1.29 is 0 Å². The Balaban J connectivity index is 2.64. The molecule has 3 heteroatoms. The maximum absolute atomic E-state index is 4.90. The summed E-state index contributed by atoms with van der Waals surface area (Å²) in [5, 5.41) is 3.32. The fraction of sp³-hybridized carbons (Fsp3) is 0. The van der Waals surface area contributed by atoms with Gasteiger partial charge in [-0.3, -0.25) is 4.98 Å². The first-order valence-electron chi connectivity index (χ1n) is 3.23. The molecule has 3 nitrogen and oxygen atoms in total. The minimum Gasteiger partial charge on any atom is -0.323 e. The number of hydrogen-bond acceptors (Lipinski definition) is 3. The van der Waals surface area contributed by atoms with E-state index >= 15 is 0 Å². The lowest BCUT2D eigenvalue weighted by molar-refractivity contribution is 1.27. The third-order valence-corrected chi connectivity index (χ3v) is 1.15. The summed E-state index contributed by atoms with van der Waals surface area (Å²) in [6.07, 6.45) is 8.66. The summed E-state index contributed by atoms with van der Waals surface area (Å²) in [7, 11) is 0. The molecule has 11 heavy (non-hydrogen) atoms. The quantitative estimate of drug-likeness (QED) is 0.386. The molecular formula is C8H9N3. The zero-order valence-electron chi connectivity index (χ0n) is 6.01. The Bertz CT molecular complexity index is 251. The highest BCUT2D eigenvalue weighted by Gasteiger charge is 1.80. The van der Waals surface area contributed by atoms with Crippen LogP contribution in [0.2, 0.25) is 0 Å². The average molecular weight is 147 g/mol. The monoisotopic (exact) mass is 147 g/mol. The third kappa shape index (κ3) is 2.62. The van der Waals surface area contributed by atoms with E-state index in [-0.39, 0.29) is 0 Å². The van der Waals surface area contributed by atoms with E-state index in [1.54, 1.807) is 18.5 Å². The van der Waals surface area contributed by atoms with Crippen LogP contribution in [0.15, 0.2) is 35.7 Å². The van der Waals surface area contributed by atoms with Gasteiger partial charge in [0.15, 0.2) is 0 Å². The zero-order chi connectivity index (χ0) is 7.94. The van der Waals surface area contributed by atoms with Crippen molar-refractivity contribution in [2.75, 3.05) is 0 Å². The molecule has 2 N–H and O–H groups in total. The molecule has 0 aliphatic rings. The van der Waals surface area contributed by atoms with Crippen LogP contribution >= 0.6 is 0 Å². The van der Waals surface area contributed by atoms with Crippen molar-refractivity contribution in [2.45, 2.75) is 0 Å². The summed E-state index contributed by atoms with van der Waals surface area (Å²) in [5.74, 6) is 4.90. The van der Waals surface area contributed by atoms with Gasteiger partial charge in [-0.25, -0.2) is 0 Å². The number of allylic oxidation sites excluding steroid dienone is 1. The maximum atomic E-state index is 4.90. The average Bonchev–Trinajstić information content (AvgIpc) is 2.07. The van der Waals surface area contributed by atoms with Crippen molar-refractivity contribution >= 4 is 12.3 Å². The summed E-state index contributed by atoms with van der Waals surface area (Å²) in [6, 6.07) is 3.83. The zero-order valence-corrected chi connectivity index (χ0v) is 6.01. The summed E-state index contributed by atoms with van der Waals surface area (Å²) in [5.41, 5.74) is 1.03. The number of nitrogens with two attached hydrogens (primary N) is 1. The largest absolute Gasteiger partial charge is 0.323 e. The highest BCUT2D eigenvalue weighted by Crippen LogP contribution is 1.96. The molecule has 0 radical (unpaired) electrons. The number of hydrogen-bond donors (Lipinski definition) is 1. The lowest BCUT2D eigenvalue weighted by Gasteiger charge is -1.86. The van der Waals surface area contributed by atoms with Gasteiger partial charge in [0.05, 0.1) is 0 Å². The molecule has 1 aromatic heterocycles. The number of hydrazone groups is 1. The molecule has 1 aromatic rings. The Morgan fingerprint density at radius 2 is 2.45 bits per heavy atom. The molecule has 1 heterocycles.